The van der Waals surface area contributed by atoms with Gasteiger partial charge in [-0.1, -0.05) is 11.6 Å². The van der Waals surface area contributed by atoms with Gasteiger partial charge in [-0.3, -0.25) is 9.59 Å². The number of halogens is 2. The maximum absolute atomic E-state index is 13.0. The third-order valence-corrected chi connectivity index (χ3v) is 4.33. The molecule has 0 saturated carbocycles. The van der Waals surface area contributed by atoms with E-state index in [1.165, 1.54) is 12.1 Å². The second-order valence-electron chi connectivity index (χ2n) is 6.17. The molecule has 3 aromatic carbocycles. The number of rotatable bonds is 7. The van der Waals surface area contributed by atoms with Gasteiger partial charge in [-0.15, -0.1) is 0 Å². The van der Waals surface area contributed by atoms with Crippen LogP contribution in [0.25, 0.3) is 0 Å². The molecule has 3 rings (SSSR count). The number of amides is 2. The second-order valence-corrected chi connectivity index (χ2v) is 6.58. The minimum Gasteiger partial charge on any atom is -0.497 e. The van der Waals surface area contributed by atoms with Gasteiger partial charge in [0.05, 0.1) is 12.1 Å². The number of benzene rings is 3. The predicted octanol–water partition coefficient (Wildman–Crippen LogP) is 4.76. The molecule has 154 valence electrons. The van der Waals surface area contributed by atoms with Crippen molar-refractivity contribution in [3.05, 3.63) is 83.1 Å². The van der Waals surface area contributed by atoms with E-state index in [1.807, 2.05) is 0 Å². The minimum atomic E-state index is -0.493. The first-order chi connectivity index (χ1) is 14.4. The molecule has 0 aliphatic carbocycles. The summed E-state index contributed by atoms with van der Waals surface area (Å²) >= 11 is 5.85. The Kier molecular flexibility index (Phi) is 6.87. The third-order valence-electron chi connectivity index (χ3n) is 4.03. The van der Waals surface area contributed by atoms with Gasteiger partial charge in [0.2, 0.25) is 0 Å². The van der Waals surface area contributed by atoms with Gasteiger partial charge in [-0.25, -0.2) is 4.39 Å². The molecular weight excluding hydrogens is 411 g/mol. The molecular formula is C22H18ClFN2O4. The van der Waals surface area contributed by atoms with Crippen molar-refractivity contribution in [1.29, 1.82) is 0 Å². The summed E-state index contributed by atoms with van der Waals surface area (Å²) in [5.74, 6) is -0.302. The quantitative estimate of drug-likeness (QED) is 0.569. The molecule has 0 radical (unpaired) electrons. The van der Waals surface area contributed by atoms with E-state index in [0.29, 0.717) is 22.7 Å². The van der Waals surface area contributed by atoms with Crippen LogP contribution in [0.15, 0.2) is 66.7 Å². The van der Waals surface area contributed by atoms with Crippen molar-refractivity contribution in [2.24, 2.45) is 0 Å². The number of carbonyl (C=O) groups is 2. The number of hydrogen-bond acceptors (Lipinski definition) is 4. The first-order valence-corrected chi connectivity index (χ1v) is 9.25. The number of ether oxygens (including phenoxy) is 2. The summed E-state index contributed by atoms with van der Waals surface area (Å²) in [6.45, 7) is -0.301. The van der Waals surface area contributed by atoms with Crippen molar-refractivity contribution < 1.29 is 23.5 Å². The Bertz CT molecular complexity index is 1040. The van der Waals surface area contributed by atoms with Gasteiger partial charge in [0.15, 0.2) is 6.61 Å². The van der Waals surface area contributed by atoms with Crippen LogP contribution in [0, 0.1) is 5.82 Å². The average Bonchev–Trinajstić information content (AvgIpc) is 2.74. The first kappa shape index (κ1) is 21.1. The van der Waals surface area contributed by atoms with Gasteiger partial charge in [0, 0.05) is 16.9 Å². The summed E-state index contributed by atoms with van der Waals surface area (Å²) in [5.41, 5.74) is 1.56. The largest absolute Gasteiger partial charge is 0.497 e. The number of nitrogens with one attached hydrogen (secondary N) is 2. The highest BCUT2D eigenvalue weighted by molar-refractivity contribution is 6.32. The summed E-state index contributed by atoms with van der Waals surface area (Å²) in [6.07, 6.45) is 0. The fourth-order valence-corrected chi connectivity index (χ4v) is 2.74. The Morgan fingerprint density at radius 2 is 1.57 bits per heavy atom. The number of hydrogen-bond donors (Lipinski definition) is 2. The molecule has 0 spiro atoms. The van der Waals surface area contributed by atoms with E-state index in [4.69, 9.17) is 21.1 Å². The summed E-state index contributed by atoms with van der Waals surface area (Å²) in [5, 5.41) is 5.50. The fourth-order valence-electron chi connectivity index (χ4n) is 2.52. The molecule has 30 heavy (non-hydrogen) atoms. The molecule has 6 nitrogen and oxygen atoms in total. The Balaban J connectivity index is 1.52. The summed E-state index contributed by atoms with van der Waals surface area (Å²) in [7, 11) is 1.57. The highest BCUT2D eigenvalue weighted by Gasteiger charge is 2.09. The van der Waals surface area contributed by atoms with E-state index in [1.54, 1.807) is 55.6 Å². The summed E-state index contributed by atoms with van der Waals surface area (Å²) in [4.78, 5) is 24.4. The molecule has 3 aromatic rings. The summed E-state index contributed by atoms with van der Waals surface area (Å²) < 4.78 is 23.4. The SMILES string of the molecule is COc1ccc(NC(=O)c2ccc(NC(=O)COc3ccc(F)cc3Cl)cc2)cc1. The van der Waals surface area contributed by atoms with Gasteiger partial charge in [0.1, 0.15) is 17.3 Å². The molecule has 0 aliphatic rings. The van der Waals surface area contributed by atoms with E-state index in [2.05, 4.69) is 10.6 Å². The predicted molar refractivity (Wildman–Crippen MR) is 113 cm³/mol. The molecule has 0 atom stereocenters. The van der Waals surface area contributed by atoms with E-state index in [9.17, 15) is 14.0 Å². The van der Waals surface area contributed by atoms with Gasteiger partial charge in [0.25, 0.3) is 11.8 Å². The molecule has 0 saturated heterocycles. The average molecular weight is 429 g/mol. The van der Waals surface area contributed by atoms with Crippen LogP contribution in [0.4, 0.5) is 15.8 Å². The first-order valence-electron chi connectivity index (χ1n) is 8.88. The van der Waals surface area contributed by atoms with Gasteiger partial charge >= 0.3 is 0 Å². The number of carbonyl (C=O) groups excluding carboxylic acids is 2. The molecule has 0 heterocycles. The molecule has 0 bridgehead atoms. The van der Waals surface area contributed by atoms with Crippen molar-refractivity contribution >= 4 is 34.8 Å². The molecule has 0 unspecified atom stereocenters. The lowest BCUT2D eigenvalue weighted by Gasteiger charge is -2.10. The smallest absolute Gasteiger partial charge is 0.262 e. The van der Waals surface area contributed by atoms with Crippen molar-refractivity contribution in [2.75, 3.05) is 24.4 Å². The van der Waals surface area contributed by atoms with E-state index in [-0.39, 0.29) is 23.3 Å². The van der Waals surface area contributed by atoms with Crippen LogP contribution in [0.2, 0.25) is 5.02 Å². The van der Waals surface area contributed by atoms with Gasteiger partial charge in [-0.2, -0.15) is 0 Å². The Hall–Kier alpha value is -3.58. The molecule has 0 fully saturated rings. The van der Waals surface area contributed by atoms with Crippen molar-refractivity contribution in [3.63, 3.8) is 0 Å². The normalized spacial score (nSPS) is 10.2. The minimum absolute atomic E-state index is 0.0787. The fraction of sp³-hybridized carbons (Fsp3) is 0.0909. The van der Waals surface area contributed by atoms with Crippen molar-refractivity contribution in [2.45, 2.75) is 0 Å². The molecule has 0 aromatic heterocycles. The van der Waals surface area contributed by atoms with Crippen molar-refractivity contribution in [3.8, 4) is 11.5 Å². The van der Waals surface area contributed by atoms with Gasteiger partial charge < -0.3 is 20.1 Å². The third kappa shape index (κ3) is 5.71. The maximum Gasteiger partial charge on any atom is 0.262 e. The standard InChI is InChI=1S/C22H18ClFN2O4/c1-29-18-9-7-17(8-10-18)26-22(28)14-2-5-16(6-3-14)25-21(27)13-30-20-11-4-15(24)12-19(20)23/h2-12H,13H2,1H3,(H,25,27)(H,26,28). The van der Waals surface area contributed by atoms with Crippen LogP contribution in [0.5, 0.6) is 11.5 Å². The molecule has 2 amide bonds. The Morgan fingerprint density at radius 1 is 0.933 bits per heavy atom. The van der Waals surface area contributed by atoms with Crippen LogP contribution in [-0.4, -0.2) is 25.5 Å². The Morgan fingerprint density at radius 3 is 2.20 bits per heavy atom. The lowest BCUT2D eigenvalue weighted by molar-refractivity contribution is -0.118. The Labute approximate surface area is 177 Å². The molecule has 2 N–H and O–H groups in total. The van der Waals surface area contributed by atoms with E-state index >= 15 is 0 Å². The highest BCUT2D eigenvalue weighted by atomic mass is 35.5. The zero-order valence-electron chi connectivity index (χ0n) is 15.9. The highest BCUT2D eigenvalue weighted by Crippen LogP contribution is 2.24. The maximum atomic E-state index is 13.0. The second kappa shape index (κ2) is 9.76. The topological polar surface area (TPSA) is 76.7 Å². The van der Waals surface area contributed by atoms with Crippen LogP contribution >= 0.6 is 11.6 Å². The number of anilines is 2. The molecule has 8 heteroatoms. The zero-order chi connectivity index (χ0) is 21.5. The van der Waals surface area contributed by atoms with Crippen LogP contribution < -0.4 is 20.1 Å². The monoisotopic (exact) mass is 428 g/mol. The lowest BCUT2D eigenvalue weighted by atomic mass is 10.2. The van der Waals surface area contributed by atoms with Gasteiger partial charge in [-0.05, 0) is 66.7 Å². The van der Waals surface area contributed by atoms with Crippen LogP contribution in [0.1, 0.15) is 10.4 Å². The molecule has 0 aliphatic heterocycles. The summed E-state index contributed by atoms with van der Waals surface area (Å²) in [6, 6.07) is 17.0. The van der Waals surface area contributed by atoms with E-state index < -0.39 is 11.7 Å². The van der Waals surface area contributed by atoms with Crippen LogP contribution in [0.3, 0.4) is 0 Å². The number of methoxy groups -OCH3 is 1. The van der Waals surface area contributed by atoms with E-state index in [0.717, 1.165) is 6.07 Å². The lowest BCUT2D eigenvalue weighted by Crippen LogP contribution is -2.20. The zero-order valence-corrected chi connectivity index (χ0v) is 16.7. The van der Waals surface area contributed by atoms with Crippen LogP contribution in [-0.2, 0) is 4.79 Å². The van der Waals surface area contributed by atoms with Crippen molar-refractivity contribution in [1.82, 2.24) is 0 Å².